The third-order valence-electron chi connectivity index (χ3n) is 5.52. The van der Waals surface area contributed by atoms with E-state index in [1.165, 1.54) is 4.31 Å². The van der Waals surface area contributed by atoms with Crippen molar-refractivity contribution in [1.82, 2.24) is 9.62 Å². The minimum atomic E-state index is -3.96. The van der Waals surface area contributed by atoms with Gasteiger partial charge in [0.25, 0.3) is 0 Å². The highest BCUT2D eigenvalue weighted by molar-refractivity contribution is 9.10. The lowest BCUT2D eigenvalue weighted by Crippen LogP contribution is -2.41. The van der Waals surface area contributed by atoms with Gasteiger partial charge >= 0.3 is 0 Å². The smallest absolute Gasteiger partial charge is 0.244 e. The Labute approximate surface area is 215 Å². The summed E-state index contributed by atoms with van der Waals surface area (Å²) in [5, 5.41) is 3.48. The maximum absolute atomic E-state index is 13.8. The summed E-state index contributed by atoms with van der Waals surface area (Å²) >= 11 is 9.44. The Bertz CT molecular complexity index is 1270. The zero-order valence-electron chi connectivity index (χ0n) is 19.6. The van der Waals surface area contributed by atoms with Gasteiger partial charge in [-0.05, 0) is 74.2 Å². The van der Waals surface area contributed by atoms with E-state index in [9.17, 15) is 13.2 Å². The molecule has 1 unspecified atom stereocenters. The minimum Gasteiger partial charge on any atom is -0.348 e. The summed E-state index contributed by atoms with van der Waals surface area (Å²) in [5.41, 5.74) is 3.95. The first-order chi connectivity index (χ1) is 16.0. The first-order valence-electron chi connectivity index (χ1n) is 10.8. The molecule has 0 heterocycles. The number of hydrogen-bond donors (Lipinski definition) is 1. The van der Waals surface area contributed by atoms with Crippen molar-refractivity contribution in [2.75, 3.05) is 6.54 Å². The predicted molar refractivity (Wildman–Crippen MR) is 140 cm³/mol. The van der Waals surface area contributed by atoms with E-state index in [0.29, 0.717) is 16.1 Å². The third kappa shape index (κ3) is 6.48. The van der Waals surface area contributed by atoms with Crippen LogP contribution in [0.2, 0.25) is 5.02 Å². The van der Waals surface area contributed by atoms with E-state index in [1.807, 2.05) is 50.2 Å². The van der Waals surface area contributed by atoms with Crippen molar-refractivity contribution in [2.45, 2.75) is 45.2 Å². The van der Waals surface area contributed by atoms with Crippen molar-refractivity contribution in [3.05, 3.63) is 98.0 Å². The van der Waals surface area contributed by atoms with E-state index in [2.05, 4.69) is 21.2 Å². The van der Waals surface area contributed by atoms with Gasteiger partial charge in [0.15, 0.2) is 0 Å². The zero-order valence-corrected chi connectivity index (χ0v) is 22.8. The van der Waals surface area contributed by atoms with Crippen LogP contribution in [0.4, 0.5) is 0 Å². The molecule has 0 saturated carbocycles. The molecule has 0 aliphatic carbocycles. The molecule has 8 heteroatoms. The van der Waals surface area contributed by atoms with Gasteiger partial charge in [-0.3, -0.25) is 4.79 Å². The summed E-state index contributed by atoms with van der Waals surface area (Å²) in [6.07, 6.45) is 0. The van der Waals surface area contributed by atoms with Crippen LogP contribution in [0.1, 0.15) is 40.8 Å². The van der Waals surface area contributed by atoms with Gasteiger partial charge in [-0.25, -0.2) is 8.42 Å². The van der Waals surface area contributed by atoms with Crippen LogP contribution in [0.5, 0.6) is 0 Å². The van der Waals surface area contributed by atoms with Crippen LogP contribution < -0.4 is 5.32 Å². The Morgan fingerprint density at radius 2 is 1.65 bits per heavy atom. The molecule has 0 radical (unpaired) electrons. The molecule has 1 N–H and O–H groups in total. The fourth-order valence-electron chi connectivity index (χ4n) is 4.03. The van der Waals surface area contributed by atoms with E-state index < -0.39 is 10.0 Å². The summed E-state index contributed by atoms with van der Waals surface area (Å²) in [4.78, 5) is 13.3. The summed E-state index contributed by atoms with van der Waals surface area (Å²) in [7, 11) is -3.96. The van der Waals surface area contributed by atoms with Crippen LogP contribution >= 0.6 is 27.5 Å². The number of rotatable bonds is 8. The average Bonchev–Trinajstić information content (AvgIpc) is 2.73. The largest absolute Gasteiger partial charge is 0.348 e. The second-order valence-electron chi connectivity index (χ2n) is 8.47. The number of amides is 1. The lowest BCUT2D eigenvalue weighted by Gasteiger charge is -2.25. The topological polar surface area (TPSA) is 66.5 Å². The Kier molecular flexibility index (Phi) is 8.57. The number of benzene rings is 3. The molecule has 1 atom stereocenters. The van der Waals surface area contributed by atoms with Crippen LogP contribution in [-0.4, -0.2) is 25.2 Å². The molecule has 3 rings (SSSR count). The van der Waals surface area contributed by atoms with Crippen molar-refractivity contribution in [3.8, 4) is 0 Å². The molecule has 0 fully saturated rings. The van der Waals surface area contributed by atoms with Crippen molar-refractivity contribution in [3.63, 3.8) is 0 Å². The Morgan fingerprint density at radius 3 is 2.24 bits per heavy atom. The first kappa shape index (κ1) is 26.4. The highest BCUT2D eigenvalue weighted by Gasteiger charge is 2.30. The van der Waals surface area contributed by atoms with Crippen LogP contribution in [0, 0.1) is 20.8 Å². The maximum atomic E-state index is 13.8. The van der Waals surface area contributed by atoms with Gasteiger partial charge in [0.2, 0.25) is 15.9 Å². The summed E-state index contributed by atoms with van der Waals surface area (Å²) < 4.78 is 29.7. The SMILES string of the molecule is Cc1cc(C)c(S(=O)(=O)N(CC(=O)NC(C)c2cccc(Br)c2)Cc2ccc(Cl)cc2)c(C)c1. The van der Waals surface area contributed by atoms with Crippen LogP contribution in [0.3, 0.4) is 0 Å². The van der Waals surface area contributed by atoms with Gasteiger partial charge in [0.05, 0.1) is 17.5 Å². The normalized spacial score (nSPS) is 12.6. The Hall–Kier alpha value is -2.19. The molecular formula is C26H28BrClN2O3S. The van der Waals surface area contributed by atoms with Gasteiger partial charge < -0.3 is 5.32 Å². The molecule has 1 amide bonds. The van der Waals surface area contributed by atoms with Crippen LogP contribution in [0.15, 0.2) is 70.0 Å². The highest BCUT2D eigenvalue weighted by atomic mass is 79.9. The van der Waals surface area contributed by atoms with E-state index in [4.69, 9.17) is 11.6 Å². The molecule has 180 valence electrons. The van der Waals surface area contributed by atoms with Crippen LogP contribution in [-0.2, 0) is 21.4 Å². The fourth-order valence-corrected chi connectivity index (χ4v) is 6.37. The summed E-state index contributed by atoms with van der Waals surface area (Å²) in [5.74, 6) is -0.382. The monoisotopic (exact) mass is 562 g/mol. The van der Waals surface area contributed by atoms with Gasteiger partial charge in [-0.1, -0.05) is 69.5 Å². The summed E-state index contributed by atoms with van der Waals surface area (Å²) in [6, 6.07) is 18.0. The standard InChI is InChI=1S/C26H28BrClN2O3S/c1-17-12-18(2)26(19(3)13-17)34(32,33)30(15-21-8-10-24(28)11-9-21)16-25(31)29-20(4)22-6-5-7-23(27)14-22/h5-14,20H,15-16H2,1-4H3,(H,29,31). The van der Waals surface area contributed by atoms with Crippen molar-refractivity contribution in [1.29, 1.82) is 0 Å². The molecule has 34 heavy (non-hydrogen) atoms. The predicted octanol–water partition coefficient (Wildman–Crippen LogP) is 6.10. The maximum Gasteiger partial charge on any atom is 0.244 e. The van der Waals surface area contributed by atoms with Gasteiger partial charge in [-0.15, -0.1) is 0 Å². The van der Waals surface area contributed by atoms with E-state index >= 15 is 0 Å². The molecule has 0 bridgehead atoms. The molecule has 3 aromatic carbocycles. The second-order valence-corrected chi connectivity index (χ2v) is 11.7. The molecule has 0 saturated heterocycles. The Balaban J connectivity index is 1.92. The minimum absolute atomic E-state index is 0.0466. The van der Waals surface area contributed by atoms with E-state index in [1.54, 1.807) is 38.1 Å². The number of sulfonamides is 1. The second kappa shape index (κ2) is 11.0. The lowest BCUT2D eigenvalue weighted by atomic mass is 10.1. The number of aryl methyl sites for hydroxylation is 3. The number of halogens is 2. The molecule has 0 aliphatic rings. The lowest BCUT2D eigenvalue weighted by molar-refractivity contribution is -0.122. The number of nitrogens with one attached hydrogen (secondary N) is 1. The molecule has 0 spiro atoms. The van der Waals surface area contributed by atoms with Gasteiger partial charge in [0, 0.05) is 16.0 Å². The average molecular weight is 564 g/mol. The quantitative estimate of drug-likeness (QED) is 0.360. The highest BCUT2D eigenvalue weighted by Crippen LogP contribution is 2.27. The molecular weight excluding hydrogens is 536 g/mol. The van der Waals surface area contributed by atoms with Gasteiger partial charge in [0.1, 0.15) is 0 Å². The molecule has 3 aromatic rings. The summed E-state index contributed by atoms with van der Waals surface area (Å²) in [6.45, 7) is 7.09. The van der Waals surface area contributed by atoms with Crippen molar-refractivity contribution in [2.24, 2.45) is 0 Å². The molecule has 0 aliphatic heterocycles. The fraction of sp³-hybridized carbons (Fsp3) is 0.269. The van der Waals surface area contributed by atoms with E-state index in [0.717, 1.165) is 21.2 Å². The third-order valence-corrected chi connectivity index (χ3v) is 8.36. The van der Waals surface area contributed by atoms with Gasteiger partial charge in [-0.2, -0.15) is 4.31 Å². The van der Waals surface area contributed by atoms with Crippen LogP contribution in [0.25, 0.3) is 0 Å². The zero-order chi connectivity index (χ0) is 25.0. The van der Waals surface area contributed by atoms with Crippen molar-refractivity contribution >= 4 is 43.5 Å². The molecule has 5 nitrogen and oxygen atoms in total. The first-order valence-corrected chi connectivity index (χ1v) is 13.5. The molecule has 0 aromatic heterocycles. The Morgan fingerprint density at radius 1 is 1.03 bits per heavy atom. The number of carbonyl (C=O) groups excluding carboxylic acids is 1. The van der Waals surface area contributed by atoms with E-state index in [-0.39, 0.29) is 29.9 Å². The number of hydrogen-bond acceptors (Lipinski definition) is 3. The number of carbonyl (C=O) groups is 1. The number of nitrogens with zero attached hydrogens (tertiary/aromatic N) is 1. The van der Waals surface area contributed by atoms with Crippen molar-refractivity contribution < 1.29 is 13.2 Å².